The van der Waals surface area contributed by atoms with Gasteiger partial charge in [-0.05, 0) is 51.5 Å². The van der Waals surface area contributed by atoms with Gasteiger partial charge in [-0.15, -0.1) is 0 Å². The molecular formula is C18H22BNO3. The Morgan fingerprint density at radius 3 is 2.30 bits per heavy atom. The largest absolute Gasteiger partial charge is 0.514 e. The standard InChI is InChI=1S/C18H22BNO3/c1-17(2)18(3,4)23-19(22-17)16-12-13(10-11-20-16)14-8-6-7-9-15(14)21-5/h6-12H,1-5H3. The van der Waals surface area contributed by atoms with E-state index in [1.165, 1.54) is 0 Å². The average molecular weight is 311 g/mol. The van der Waals surface area contributed by atoms with Gasteiger partial charge in [0.1, 0.15) is 5.75 Å². The first-order valence-corrected chi connectivity index (χ1v) is 7.79. The average Bonchev–Trinajstić information content (AvgIpc) is 2.75. The van der Waals surface area contributed by atoms with Gasteiger partial charge in [-0.25, -0.2) is 0 Å². The number of para-hydroxylation sites is 1. The molecule has 1 aliphatic rings. The Labute approximate surface area is 137 Å². The van der Waals surface area contributed by atoms with E-state index >= 15 is 0 Å². The highest BCUT2D eigenvalue weighted by Crippen LogP contribution is 2.36. The van der Waals surface area contributed by atoms with Crippen LogP contribution in [0, 0.1) is 0 Å². The maximum Gasteiger partial charge on any atom is 0.514 e. The molecule has 0 unspecified atom stereocenters. The monoisotopic (exact) mass is 311 g/mol. The summed E-state index contributed by atoms with van der Waals surface area (Å²) in [5.41, 5.74) is 2.07. The van der Waals surface area contributed by atoms with Gasteiger partial charge in [0.2, 0.25) is 0 Å². The summed E-state index contributed by atoms with van der Waals surface area (Å²) in [6, 6.07) is 11.9. The van der Waals surface area contributed by atoms with Crippen LogP contribution in [0.4, 0.5) is 0 Å². The zero-order chi connectivity index (χ0) is 16.7. The summed E-state index contributed by atoms with van der Waals surface area (Å²) in [6.45, 7) is 8.16. The van der Waals surface area contributed by atoms with E-state index in [0.717, 1.165) is 22.5 Å². The first-order valence-electron chi connectivity index (χ1n) is 7.79. The zero-order valence-corrected chi connectivity index (χ0v) is 14.3. The maximum atomic E-state index is 6.08. The summed E-state index contributed by atoms with van der Waals surface area (Å²) < 4.78 is 17.6. The van der Waals surface area contributed by atoms with E-state index < -0.39 is 7.12 Å². The molecule has 2 aromatic rings. The van der Waals surface area contributed by atoms with Gasteiger partial charge in [0, 0.05) is 11.8 Å². The Balaban J connectivity index is 1.96. The van der Waals surface area contributed by atoms with Crippen LogP contribution in [0.25, 0.3) is 11.1 Å². The lowest BCUT2D eigenvalue weighted by Gasteiger charge is -2.32. The van der Waals surface area contributed by atoms with E-state index in [9.17, 15) is 0 Å². The van der Waals surface area contributed by atoms with Gasteiger partial charge in [0.15, 0.2) is 0 Å². The molecule has 23 heavy (non-hydrogen) atoms. The number of aromatic nitrogens is 1. The topological polar surface area (TPSA) is 40.6 Å². The van der Waals surface area contributed by atoms with E-state index in [0.29, 0.717) is 0 Å². The third kappa shape index (κ3) is 2.86. The summed E-state index contributed by atoms with van der Waals surface area (Å²) in [4.78, 5) is 4.44. The fraction of sp³-hybridized carbons (Fsp3) is 0.389. The molecule has 1 aliphatic heterocycles. The quantitative estimate of drug-likeness (QED) is 0.817. The van der Waals surface area contributed by atoms with Crippen molar-refractivity contribution in [1.29, 1.82) is 0 Å². The van der Waals surface area contributed by atoms with Gasteiger partial charge in [0.25, 0.3) is 0 Å². The first-order chi connectivity index (χ1) is 10.8. The second kappa shape index (κ2) is 5.66. The Bertz CT molecular complexity index is 699. The van der Waals surface area contributed by atoms with Gasteiger partial charge < -0.3 is 14.0 Å². The molecule has 5 heteroatoms. The summed E-state index contributed by atoms with van der Waals surface area (Å²) in [6.07, 6.45) is 1.78. The second-order valence-corrected chi connectivity index (χ2v) is 6.76. The Hall–Kier alpha value is -1.85. The van der Waals surface area contributed by atoms with E-state index in [-0.39, 0.29) is 11.2 Å². The molecule has 0 bridgehead atoms. The summed E-state index contributed by atoms with van der Waals surface area (Å²) in [5.74, 6) is 0.832. The molecule has 120 valence electrons. The lowest BCUT2D eigenvalue weighted by molar-refractivity contribution is 0.00578. The number of hydrogen-bond acceptors (Lipinski definition) is 4. The fourth-order valence-corrected chi connectivity index (χ4v) is 2.59. The van der Waals surface area contributed by atoms with Gasteiger partial charge in [-0.1, -0.05) is 18.2 Å². The number of hydrogen-bond donors (Lipinski definition) is 0. The smallest absolute Gasteiger partial charge is 0.496 e. The van der Waals surface area contributed by atoms with Crippen molar-refractivity contribution >= 4 is 12.7 Å². The Morgan fingerprint density at radius 1 is 1.00 bits per heavy atom. The molecular weight excluding hydrogens is 289 g/mol. The number of nitrogens with zero attached hydrogens (tertiary/aromatic N) is 1. The molecule has 0 saturated carbocycles. The molecule has 4 nitrogen and oxygen atoms in total. The highest BCUT2D eigenvalue weighted by molar-refractivity contribution is 6.61. The van der Waals surface area contributed by atoms with Crippen LogP contribution in [-0.4, -0.2) is 30.4 Å². The minimum atomic E-state index is -0.463. The van der Waals surface area contributed by atoms with Crippen LogP contribution in [0.1, 0.15) is 27.7 Å². The fourth-order valence-electron chi connectivity index (χ4n) is 2.59. The number of rotatable bonds is 3. The number of methoxy groups -OCH3 is 1. The highest BCUT2D eigenvalue weighted by atomic mass is 16.7. The summed E-state index contributed by atoms with van der Waals surface area (Å²) >= 11 is 0. The van der Waals surface area contributed by atoms with E-state index in [2.05, 4.69) is 4.98 Å². The SMILES string of the molecule is COc1ccccc1-c1ccnc(B2OC(C)(C)C(C)(C)O2)c1. The molecule has 1 aromatic heterocycles. The van der Waals surface area contributed by atoms with E-state index in [1.54, 1.807) is 13.3 Å². The van der Waals surface area contributed by atoms with Crippen molar-refractivity contribution in [1.82, 2.24) is 4.98 Å². The third-order valence-electron chi connectivity index (χ3n) is 4.69. The highest BCUT2D eigenvalue weighted by Gasteiger charge is 2.52. The lowest BCUT2D eigenvalue weighted by atomic mass is 9.83. The van der Waals surface area contributed by atoms with Crippen molar-refractivity contribution in [2.45, 2.75) is 38.9 Å². The molecule has 3 rings (SSSR count). The van der Waals surface area contributed by atoms with Crippen molar-refractivity contribution in [3.05, 3.63) is 42.6 Å². The van der Waals surface area contributed by atoms with E-state index in [4.69, 9.17) is 14.0 Å². The molecule has 1 fully saturated rings. The van der Waals surface area contributed by atoms with Crippen LogP contribution in [0.5, 0.6) is 5.75 Å². The minimum absolute atomic E-state index is 0.375. The predicted molar refractivity (Wildman–Crippen MR) is 91.9 cm³/mol. The maximum absolute atomic E-state index is 6.08. The molecule has 1 saturated heterocycles. The Kier molecular flexibility index (Phi) is 3.94. The van der Waals surface area contributed by atoms with Crippen LogP contribution < -0.4 is 10.3 Å². The molecule has 0 aliphatic carbocycles. The van der Waals surface area contributed by atoms with Gasteiger partial charge in [-0.2, -0.15) is 0 Å². The van der Waals surface area contributed by atoms with Crippen molar-refractivity contribution in [2.24, 2.45) is 0 Å². The third-order valence-corrected chi connectivity index (χ3v) is 4.69. The minimum Gasteiger partial charge on any atom is -0.496 e. The molecule has 0 N–H and O–H groups in total. The van der Waals surface area contributed by atoms with Gasteiger partial charge >= 0.3 is 7.12 Å². The normalized spacial score (nSPS) is 18.9. The molecule has 2 heterocycles. The molecule has 0 atom stereocenters. The van der Waals surface area contributed by atoms with Crippen LogP contribution in [0.2, 0.25) is 0 Å². The molecule has 0 spiro atoms. The second-order valence-electron chi connectivity index (χ2n) is 6.76. The van der Waals surface area contributed by atoms with Gasteiger partial charge in [-0.3, -0.25) is 4.98 Å². The predicted octanol–water partition coefficient (Wildman–Crippen LogP) is 3.06. The summed E-state index contributed by atoms with van der Waals surface area (Å²) in [7, 11) is 1.21. The number of benzene rings is 1. The van der Waals surface area contributed by atoms with Crippen LogP contribution in [0.15, 0.2) is 42.6 Å². The summed E-state index contributed by atoms with van der Waals surface area (Å²) in [5, 5.41) is 0. The number of ether oxygens (including phenoxy) is 1. The number of pyridine rings is 1. The zero-order valence-electron chi connectivity index (χ0n) is 14.3. The molecule has 0 radical (unpaired) electrons. The molecule has 1 aromatic carbocycles. The molecule has 0 amide bonds. The van der Waals surface area contributed by atoms with Crippen molar-refractivity contribution < 1.29 is 14.0 Å². The van der Waals surface area contributed by atoms with Crippen molar-refractivity contribution in [2.75, 3.05) is 7.11 Å². The first kappa shape index (κ1) is 16.0. The van der Waals surface area contributed by atoms with Gasteiger partial charge in [0.05, 0.1) is 23.9 Å². The van der Waals surface area contributed by atoms with Crippen molar-refractivity contribution in [3.63, 3.8) is 0 Å². The van der Waals surface area contributed by atoms with Crippen molar-refractivity contribution in [3.8, 4) is 16.9 Å². The van der Waals surface area contributed by atoms with Crippen LogP contribution in [-0.2, 0) is 9.31 Å². The van der Waals surface area contributed by atoms with E-state index in [1.807, 2.05) is 64.1 Å². The lowest BCUT2D eigenvalue weighted by Crippen LogP contribution is -2.41. The Morgan fingerprint density at radius 2 is 1.65 bits per heavy atom. The van der Waals surface area contributed by atoms with Crippen LogP contribution >= 0.6 is 0 Å². The van der Waals surface area contributed by atoms with Crippen LogP contribution in [0.3, 0.4) is 0 Å².